The maximum atomic E-state index is 12.0. The van der Waals surface area contributed by atoms with E-state index in [1.165, 1.54) is 0 Å². The van der Waals surface area contributed by atoms with Crippen molar-refractivity contribution in [1.82, 2.24) is 10.2 Å². The molecule has 0 bridgehead atoms. The number of amides is 1. The minimum atomic E-state index is -1.03. The average Bonchev–Trinajstić information content (AvgIpc) is 2.58. The molecule has 1 rings (SSSR count). The Hall–Kier alpha value is -2.12. The van der Waals surface area contributed by atoms with Gasteiger partial charge in [0.2, 0.25) is 5.91 Å². The van der Waals surface area contributed by atoms with Crippen molar-refractivity contribution in [2.45, 2.75) is 26.3 Å². The Balaban J connectivity index is 2.48. The highest BCUT2D eigenvalue weighted by Gasteiger charge is 2.20. The van der Waals surface area contributed by atoms with Crippen molar-refractivity contribution in [2.24, 2.45) is 0 Å². The minimum absolute atomic E-state index is 0.125. The number of nitrogens with one attached hydrogen (secondary N) is 2. The first-order valence-corrected chi connectivity index (χ1v) is 8.12. The summed E-state index contributed by atoms with van der Waals surface area (Å²) in [5.41, 5.74) is 0.605. The smallest absolute Gasteiger partial charge is 0.321 e. The van der Waals surface area contributed by atoms with Crippen LogP contribution in [0.25, 0.3) is 0 Å². The SMILES string of the molecule is CCN(CC)CCN[C@H](CC(=O)Nc1ccc(OC)cc1)C(=O)O. The van der Waals surface area contributed by atoms with Crippen LogP contribution >= 0.6 is 0 Å². The van der Waals surface area contributed by atoms with Gasteiger partial charge in [0.15, 0.2) is 0 Å². The van der Waals surface area contributed by atoms with E-state index in [1.807, 2.05) is 0 Å². The van der Waals surface area contributed by atoms with Crippen molar-refractivity contribution in [1.29, 1.82) is 0 Å². The molecule has 0 aliphatic rings. The van der Waals surface area contributed by atoms with Gasteiger partial charge in [0.1, 0.15) is 11.8 Å². The molecule has 0 aromatic heterocycles. The Bertz CT molecular complexity index is 515. The van der Waals surface area contributed by atoms with Gasteiger partial charge in [-0.25, -0.2) is 0 Å². The summed E-state index contributed by atoms with van der Waals surface area (Å²) in [5.74, 6) is -0.684. The minimum Gasteiger partial charge on any atom is -0.497 e. The van der Waals surface area contributed by atoms with Crippen molar-refractivity contribution in [3.63, 3.8) is 0 Å². The highest BCUT2D eigenvalue weighted by Crippen LogP contribution is 2.15. The number of carbonyl (C=O) groups excluding carboxylic acids is 1. The molecule has 0 unspecified atom stereocenters. The Morgan fingerprint density at radius 3 is 2.33 bits per heavy atom. The second kappa shape index (κ2) is 10.6. The molecule has 0 heterocycles. The lowest BCUT2D eigenvalue weighted by Gasteiger charge is -2.20. The predicted octanol–water partition coefficient (Wildman–Crippen LogP) is 1.41. The van der Waals surface area contributed by atoms with E-state index in [9.17, 15) is 14.7 Å². The standard InChI is InChI=1S/C17H27N3O4/c1-4-20(5-2)11-10-18-15(17(22)23)12-16(21)19-13-6-8-14(24-3)9-7-13/h6-9,15,18H,4-5,10-12H2,1-3H3,(H,19,21)(H,22,23)/t15-/m1/s1. The number of anilines is 1. The number of nitrogens with zero attached hydrogens (tertiary/aromatic N) is 1. The lowest BCUT2D eigenvalue weighted by Crippen LogP contribution is -2.43. The van der Waals surface area contributed by atoms with Gasteiger partial charge in [-0.3, -0.25) is 9.59 Å². The Morgan fingerprint density at radius 1 is 1.21 bits per heavy atom. The summed E-state index contributed by atoms with van der Waals surface area (Å²) in [7, 11) is 1.56. The highest BCUT2D eigenvalue weighted by atomic mass is 16.5. The van der Waals surface area contributed by atoms with Crippen LogP contribution in [0.1, 0.15) is 20.3 Å². The molecule has 7 heteroatoms. The van der Waals surface area contributed by atoms with Gasteiger partial charge >= 0.3 is 5.97 Å². The summed E-state index contributed by atoms with van der Waals surface area (Å²) in [5, 5.41) is 14.9. The third-order valence-corrected chi connectivity index (χ3v) is 3.77. The van der Waals surface area contributed by atoms with Crippen LogP contribution in [0.3, 0.4) is 0 Å². The normalized spacial score (nSPS) is 12.0. The van der Waals surface area contributed by atoms with E-state index < -0.39 is 12.0 Å². The monoisotopic (exact) mass is 337 g/mol. The second-order valence-electron chi connectivity index (χ2n) is 5.35. The predicted molar refractivity (Wildman–Crippen MR) is 93.5 cm³/mol. The molecule has 7 nitrogen and oxygen atoms in total. The van der Waals surface area contributed by atoms with Crippen molar-refractivity contribution in [3.05, 3.63) is 24.3 Å². The number of carboxylic acid groups (broad SMARTS) is 1. The van der Waals surface area contributed by atoms with E-state index in [0.717, 1.165) is 19.6 Å². The molecule has 0 fully saturated rings. The first kappa shape index (κ1) is 19.9. The van der Waals surface area contributed by atoms with E-state index in [2.05, 4.69) is 29.4 Å². The maximum absolute atomic E-state index is 12.0. The first-order chi connectivity index (χ1) is 11.5. The van der Waals surface area contributed by atoms with Crippen LogP contribution in [0.4, 0.5) is 5.69 Å². The average molecular weight is 337 g/mol. The molecule has 0 radical (unpaired) electrons. The van der Waals surface area contributed by atoms with Gasteiger partial charge in [0.05, 0.1) is 13.5 Å². The molecular formula is C17H27N3O4. The second-order valence-corrected chi connectivity index (χ2v) is 5.35. The fraction of sp³-hybridized carbons (Fsp3) is 0.529. The third kappa shape index (κ3) is 6.97. The highest BCUT2D eigenvalue weighted by molar-refractivity contribution is 5.94. The Morgan fingerprint density at radius 2 is 1.83 bits per heavy atom. The molecule has 0 aliphatic carbocycles. The number of rotatable bonds is 11. The summed E-state index contributed by atoms with van der Waals surface area (Å²) < 4.78 is 5.05. The molecule has 0 saturated carbocycles. The fourth-order valence-corrected chi connectivity index (χ4v) is 2.26. The van der Waals surface area contributed by atoms with Crippen LogP contribution in [0.5, 0.6) is 5.75 Å². The molecule has 134 valence electrons. The van der Waals surface area contributed by atoms with Crippen molar-refractivity contribution in [2.75, 3.05) is 38.6 Å². The van der Waals surface area contributed by atoms with Crippen LogP contribution in [-0.4, -0.2) is 61.2 Å². The number of benzene rings is 1. The van der Waals surface area contributed by atoms with Crippen molar-refractivity contribution >= 4 is 17.6 Å². The Kier molecular flexibility index (Phi) is 8.81. The summed E-state index contributed by atoms with van der Waals surface area (Å²) in [6.45, 7) is 7.20. The number of likely N-dealkylation sites (N-methyl/N-ethyl adjacent to an activating group) is 1. The van der Waals surface area contributed by atoms with Crippen LogP contribution in [-0.2, 0) is 9.59 Å². The van der Waals surface area contributed by atoms with Gasteiger partial charge in [-0.15, -0.1) is 0 Å². The van der Waals surface area contributed by atoms with Gasteiger partial charge in [0.25, 0.3) is 0 Å². The number of carbonyl (C=O) groups is 2. The number of hydrogen-bond donors (Lipinski definition) is 3. The lowest BCUT2D eigenvalue weighted by atomic mass is 10.2. The molecule has 0 aliphatic heterocycles. The number of hydrogen-bond acceptors (Lipinski definition) is 5. The Labute approximate surface area is 143 Å². The van der Waals surface area contributed by atoms with Crippen LogP contribution in [0, 0.1) is 0 Å². The van der Waals surface area contributed by atoms with Crippen molar-refractivity contribution < 1.29 is 19.4 Å². The number of methoxy groups -OCH3 is 1. The van der Waals surface area contributed by atoms with Gasteiger partial charge in [-0.05, 0) is 37.4 Å². The zero-order valence-corrected chi connectivity index (χ0v) is 14.5. The van der Waals surface area contributed by atoms with Gasteiger partial charge in [-0.1, -0.05) is 13.8 Å². The molecule has 1 amide bonds. The zero-order valence-electron chi connectivity index (χ0n) is 14.5. The third-order valence-electron chi connectivity index (χ3n) is 3.77. The number of ether oxygens (including phenoxy) is 1. The van der Waals surface area contributed by atoms with Crippen LogP contribution in [0.15, 0.2) is 24.3 Å². The molecule has 24 heavy (non-hydrogen) atoms. The molecule has 0 spiro atoms. The number of carboxylic acids is 1. The first-order valence-electron chi connectivity index (χ1n) is 8.12. The fourth-order valence-electron chi connectivity index (χ4n) is 2.26. The van der Waals surface area contributed by atoms with Crippen LogP contribution in [0.2, 0.25) is 0 Å². The largest absolute Gasteiger partial charge is 0.497 e. The molecule has 3 N–H and O–H groups in total. The number of aliphatic carboxylic acids is 1. The van der Waals surface area contributed by atoms with Gasteiger partial charge in [-0.2, -0.15) is 0 Å². The van der Waals surface area contributed by atoms with E-state index in [0.29, 0.717) is 18.0 Å². The summed E-state index contributed by atoms with van der Waals surface area (Å²) in [6.07, 6.45) is -0.125. The van der Waals surface area contributed by atoms with Crippen LogP contribution < -0.4 is 15.4 Å². The van der Waals surface area contributed by atoms with Gasteiger partial charge < -0.3 is 25.4 Å². The maximum Gasteiger partial charge on any atom is 0.321 e. The van der Waals surface area contributed by atoms with E-state index in [1.54, 1.807) is 31.4 Å². The molecule has 1 aromatic carbocycles. The van der Waals surface area contributed by atoms with Gasteiger partial charge in [0, 0.05) is 18.8 Å². The van der Waals surface area contributed by atoms with E-state index in [-0.39, 0.29) is 12.3 Å². The quantitative estimate of drug-likeness (QED) is 0.565. The molecule has 1 atom stereocenters. The molecule has 1 aromatic rings. The summed E-state index contributed by atoms with van der Waals surface area (Å²) in [6, 6.07) is 5.97. The summed E-state index contributed by atoms with van der Waals surface area (Å²) >= 11 is 0. The lowest BCUT2D eigenvalue weighted by molar-refractivity contribution is -0.141. The van der Waals surface area contributed by atoms with E-state index >= 15 is 0 Å². The summed E-state index contributed by atoms with van der Waals surface area (Å²) in [4.78, 5) is 25.5. The molecule has 0 saturated heterocycles. The topological polar surface area (TPSA) is 90.9 Å². The van der Waals surface area contributed by atoms with E-state index in [4.69, 9.17) is 4.74 Å². The molecular weight excluding hydrogens is 310 g/mol. The van der Waals surface area contributed by atoms with Crippen molar-refractivity contribution in [3.8, 4) is 5.75 Å². The zero-order chi connectivity index (χ0) is 17.9.